The molecule has 1 aliphatic heterocycles. The van der Waals surface area contributed by atoms with Crippen LogP contribution in [0.3, 0.4) is 0 Å². The van der Waals surface area contributed by atoms with Crippen LogP contribution in [0.25, 0.3) is 11.6 Å². The Balaban J connectivity index is 1.57. The Morgan fingerprint density at radius 2 is 1.52 bits per heavy atom. The molecule has 3 aromatic carbocycles. The summed E-state index contributed by atoms with van der Waals surface area (Å²) in [5.41, 5.74) is 3.35. The zero-order chi connectivity index (χ0) is 21.6. The highest BCUT2D eigenvalue weighted by Crippen LogP contribution is 2.27. The molecular weight excluding hydrogens is 391 g/mol. The lowest BCUT2D eigenvalue weighted by atomic mass is 10.0. The van der Waals surface area contributed by atoms with Gasteiger partial charge < -0.3 is 14.5 Å². The number of carbonyl (C=O) groups is 1. The topological polar surface area (TPSA) is 32.8 Å². The minimum Gasteiger partial charge on any atom is -0.496 e. The Bertz CT molecular complexity index is 1060. The smallest absolute Gasteiger partial charge is 0.254 e. The molecule has 5 heteroatoms. The lowest BCUT2D eigenvalue weighted by molar-refractivity contribution is -0.125. The molecule has 0 saturated carbocycles. The van der Waals surface area contributed by atoms with E-state index in [1.54, 1.807) is 19.2 Å². The molecule has 0 radical (unpaired) electrons. The van der Waals surface area contributed by atoms with Crippen molar-refractivity contribution in [3.8, 4) is 5.75 Å². The van der Waals surface area contributed by atoms with Gasteiger partial charge >= 0.3 is 0 Å². The van der Waals surface area contributed by atoms with E-state index in [9.17, 15) is 9.18 Å². The average molecular weight is 416 g/mol. The molecule has 0 bridgehead atoms. The van der Waals surface area contributed by atoms with Crippen molar-refractivity contribution in [3.63, 3.8) is 0 Å². The molecule has 4 rings (SSSR count). The number of benzene rings is 3. The molecule has 0 atom stereocenters. The molecule has 4 nitrogen and oxygen atoms in total. The summed E-state index contributed by atoms with van der Waals surface area (Å²) >= 11 is 0. The first kappa shape index (κ1) is 20.7. The summed E-state index contributed by atoms with van der Waals surface area (Å²) in [7, 11) is 1.63. The molecule has 3 aromatic rings. The fourth-order valence-electron chi connectivity index (χ4n) is 3.82. The van der Waals surface area contributed by atoms with Gasteiger partial charge in [-0.1, -0.05) is 48.5 Å². The van der Waals surface area contributed by atoms with E-state index in [1.165, 1.54) is 12.1 Å². The van der Waals surface area contributed by atoms with E-state index in [4.69, 9.17) is 4.74 Å². The maximum atomic E-state index is 13.5. The highest BCUT2D eigenvalue weighted by atomic mass is 19.1. The van der Waals surface area contributed by atoms with E-state index in [0.717, 1.165) is 22.6 Å². The van der Waals surface area contributed by atoms with E-state index in [0.29, 0.717) is 31.8 Å². The first-order chi connectivity index (χ1) is 15.2. The molecule has 0 spiro atoms. The quantitative estimate of drug-likeness (QED) is 0.446. The van der Waals surface area contributed by atoms with Crippen LogP contribution in [-0.2, 0) is 4.79 Å². The number of ether oxygens (including phenoxy) is 1. The maximum absolute atomic E-state index is 13.5. The number of anilines is 1. The van der Waals surface area contributed by atoms with Crippen molar-refractivity contribution in [3.05, 3.63) is 95.8 Å². The number of halogens is 1. The molecule has 1 saturated heterocycles. The van der Waals surface area contributed by atoms with Crippen molar-refractivity contribution in [2.24, 2.45) is 0 Å². The fraction of sp³-hybridized carbons (Fsp3) is 0.192. The summed E-state index contributed by atoms with van der Waals surface area (Å²) < 4.78 is 18.7. The van der Waals surface area contributed by atoms with E-state index in [1.807, 2.05) is 65.6 Å². The first-order valence-corrected chi connectivity index (χ1v) is 10.4. The highest BCUT2D eigenvalue weighted by Gasteiger charge is 2.25. The van der Waals surface area contributed by atoms with Crippen LogP contribution in [0.5, 0.6) is 5.75 Å². The van der Waals surface area contributed by atoms with E-state index in [2.05, 4.69) is 4.90 Å². The minimum absolute atomic E-state index is 0.00383. The number of rotatable bonds is 5. The first-order valence-electron chi connectivity index (χ1n) is 10.4. The summed E-state index contributed by atoms with van der Waals surface area (Å²) in [6.07, 6.45) is 1.91. The molecule has 0 aliphatic carbocycles. The Hall–Kier alpha value is -3.60. The van der Waals surface area contributed by atoms with Crippen LogP contribution in [0, 0.1) is 5.82 Å². The lowest BCUT2D eigenvalue weighted by Gasteiger charge is -2.36. The van der Waals surface area contributed by atoms with Crippen molar-refractivity contribution in [1.29, 1.82) is 0 Å². The second-order valence-electron chi connectivity index (χ2n) is 7.42. The van der Waals surface area contributed by atoms with Crippen LogP contribution in [0.2, 0.25) is 0 Å². The van der Waals surface area contributed by atoms with Gasteiger partial charge in [0, 0.05) is 43.0 Å². The van der Waals surface area contributed by atoms with Gasteiger partial charge in [0.2, 0.25) is 0 Å². The van der Waals surface area contributed by atoms with Gasteiger partial charge in [-0.05, 0) is 42.0 Å². The summed E-state index contributed by atoms with van der Waals surface area (Å²) in [5.74, 6) is 0.479. The molecule has 1 heterocycles. The number of para-hydroxylation sites is 1. The van der Waals surface area contributed by atoms with Crippen molar-refractivity contribution in [2.45, 2.75) is 0 Å². The Morgan fingerprint density at radius 3 is 2.19 bits per heavy atom. The molecule has 1 fully saturated rings. The second kappa shape index (κ2) is 9.47. The monoisotopic (exact) mass is 416 g/mol. The third-order valence-corrected chi connectivity index (χ3v) is 5.51. The van der Waals surface area contributed by atoms with Gasteiger partial charge in [0.05, 0.1) is 7.11 Å². The standard InChI is InChI=1S/C26H25FN2O2/c1-31-25-10-6-5-9-21(25)19-24(20-7-3-2-4-8-20)26(30)29-17-15-28(16-18-29)23-13-11-22(27)12-14-23/h2-14,19H,15-18H2,1H3/b24-19+. The number of methoxy groups -OCH3 is 1. The summed E-state index contributed by atoms with van der Waals surface area (Å²) in [6, 6.07) is 23.9. The largest absolute Gasteiger partial charge is 0.496 e. The van der Waals surface area contributed by atoms with Gasteiger partial charge in [-0.25, -0.2) is 4.39 Å². The molecule has 0 aromatic heterocycles. The number of hydrogen-bond donors (Lipinski definition) is 0. The van der Waals surface area contributed by atoms with Crippen molar-refractivity contribution < 1.29 is 13.9 Å². The number of piperazine rings is 1. The molecule has 1 amide bonds. The van der Waals surface area contributed by atoms with E-state index < -0.39 is 0 Å². The SMILES string of the molecule is COc1ccccc1/C=C(/C(=O)N1CCN(c2ccc(F)cc2)CC1)c1ccccc1. The van der Waals surface area contributed by atoms with Crippen LogP contribution in [0.15, 0.2) is 78.9 Å². The molecule has 0 unspecified atom stereocenters. The van der Waals surface area contributed by atoms with Crippen LogP contribution >= 0.6 is 0 Å². The second-order valence-corrected chi connectivity index (χ2v) is 7.42. The van der Waals surface area contributed by atoms with Gasteiger partial charge in [0.1, 0.15) is 11.6 Å². The summed E-state index contributed by atoms with van der Waals surface area (Å²) in [6.45, 7) is 2.61. The Labute approximate surface area is 182 Å². The third kappa shape index (κ3) is 4.77. The Morgan fingerprint density at radius 1 is 0.871 bits per heavy atom. The minimum atomic E-state index is -0.244. The van der Waals surface area contributed by atoms with Gasteiger partial charge in [0.25, 0.3) is 5.91 Å². The van der Waals surface area contributed by atoms with Crippen LogP contribution < -0.4 is 9.64 Å². The lowest BCUT2D eigenvalue weighted by Crippen LogP contribution is -2.49. The van der Waals surface area contributed by atoms with Gasteiger partial charge in [-0.2, -0.15) is 0 Å². The van der Waals surface area contributed by atoms with E-state index >= 15 is 0 Å². The zero-order valence-electron chi connectivity index (χ0n) is 17.5. The number of amides is 1. The number of hydrogen-bond acceptors (Lipinski definition) is 3. The average Bonchev–Trinajstić information content (AvgIpc) is 2.83. The normalized spacial score (nSPS) is 14.5. The fourth-order valence-corrected chi connectivity index (χ4v) is 3.82. The Kier molecular flexibility index (Phi) is 6.32. The number of carbonyl (C=O) groups excluding carboxylic acids is 1. The number of nitrogens with zero attached hydrogens (tertiary/aromatic N) is 2. The third-order valence-electron chi connectivity index (χ3n) is 5.51. The van der Waals surface area contributed by atoms with Crippen LogP contribution in [0.4, 0.5) is 10.1 Å². The predicted octanol–water partition coefficient (Wildman–Crippen LogP) is 4.72. The van der Waals surface area contributed by atoms with Gasteiger partial charge in [-0.3, -0.25) is 4.79 Å². The summed E-state index contributed by atoms with van der Waals surface area (Å²) in [5, 5.41) is 0. The van der Waals surface area contributed by atoms with Gasteiger partial charge in [0.15, 0.2) is 0 Å². The van der Waals surface area contributed by atoms with E-state index in [-0.39, 0.29) is 11.7 Å². The highest BCUT2D eigenvalue weighted by molar-refractivity contribution is 6.24. The predicted molar refractivity (Wildman–Crippen MR) is 123 cm³/mol. The molecule has 1 aliphatic rings. The summed E-state index contributed by atoms with van der Waals surface area (Å²) in [4.78, 5) is 17.6. The molecule has 158 valence electrons. The molecular formula is C26H25FN2O2. The van der Waals surface area contributed by atoms with Crippen molar-refractivity contribution >= 4 is 23.2 Å². The molecule has 0 N–H and O–H groups in total. The molecule has 31 heavy (non-hydrogen) atoms. The maximum Gasteiger partial charge on any atom is 0.254 e. The van der Waals surface area contributed by atoms with Crippen molar-refractivity contribution in [2.75, 3.05) is 38.2 Å². The van der Waals surface area contributed by atoms with Crippen LogP contribution in [-0.4, -0.2) is 44.1 Å². The van der Waals surface area contributed by atoms with Gasteiger partial charge in [-0.15, -0.1) is 0 Å². The zero-order valence-corrected chi connectivity index (χ0v) is 17.5. The van der Waals surface area contributed by atoms with Crippen molar-refractivity contribution in [1.82, 2.24) is 4.90 Å². The van der Waals surface area contributed by atoms with Crippen LogP contribution in [0.1, 0.15) is 11.1 Å².